The van der Waals surface area contributed by atoms with Gasteiger partial charge >= 0.3 is 12.1 Å². The summed E-state index contributed by atoms with van der Waals surface area (Å²) >= 11 is 0. The number of ether oxygens (including phenoxy) is 2. The standard InChI is InChI=1S/C25H40N2O6/c1-5-32-23(30)20-16-18(20)12-9-7-6-8-10-14-21(26-24(31)33-25(2,3)4)22(29)27-15-11-13-19(27)17-28/h9,12,17-21H,5-8,10-11,13-16H2,1-4H3,(H,26,31)/b12-9-/t18-,19+,20+,21+/m1/s1. The molecule has 0 aromatic carbocycles. The molecular weight excluding hydrogens is 424 g/mol. The van der Waals surface area contributed by atoms with Gasteiger partial charge in [-0.2, -0.15) is 0 Å². The van der Waals surface area contributed by atoms with Crippen molar-refractivity contribution in [2.24, 2.45) is 11.8 Å². The van der Waals surface area contributed by atoms with Crippen LogP contribution in [0.5, 0.6) is 0 Å². The van der Waals surface area contributed by atoms with Crippen molar-refractivity contribution >= 4 is 24.3 Å². The van der Waals surface area contributed by atoms with Gasteiger partial charge in [0.25, 0.3) is 0 Å². The summed E-state index contributed by atoms with van der Waals surface area (Å²) < 4.78 is 10.4. The number of allylic oxidation sites excluding steroid dienone is 2. The number of unbranched alkanes of at least 4 members (excludes halogenated alkanes) is 3. The Morgan fingerprint density at radius 2 is 1.94 bits per heavy atom. The number of hydrogen-bond donors (Lipinski definition) is 1. The minimum Gasteiger partial charge on any atom is -0.466 e. The van der Waals surface area contributed by atoms with Crippen LogP contribution in [-0.4, -0.2) is 60.0 Å². The number of alkyl carbamates (subject to hydrolysis) is 1. The SMILES string of the molecule is CCOC(=O)[C@H]1C[C@H]1/C=C\CCCCC[C@H](NC(=O)OC(C)(C)C)C(=O)N1CCC[C@H]1C=O. The average molecular weight is 465 g/mol. The van der Waals surface area contributed by atoms with Crippen LogP contribution in [0.2, 0.25) is 0 Å². The summed E-state index contributed by atoms with van der Waals surface area (Å²) in [4.78, 5) is 49.9. The zero-order valence-corrected chi connectivity index (χ0v) is 20.5. The first-order valence-corrected chi connectivity index (χ1v) is 12.2. The number of likely N-dealkylation sites (tertiary alicyclic amines) is 1. The maximum Gasteiger partial charge on any atom is 0.408 e. The highest BCUT2D eigenvalue weighted by Crippen LogP contribution is 2.40. The molecule has 2 aliphatic rings. The second-order valence-electron chi connectivity index (χ2n) is 9.90. The van der Waals surface area contributed by atoms with E-state index in [1.807, 2.05) is 6.92 Å². The minimum absolute atomic E-state index is 0.0210. The Morgan fingerprint density at radius 1 is 1.18 bits per heavy atom. The Balaban J connectivity index is 1.77. The maximum atomic E-state index is 13.0. The van der Waals surface area contributed by atoms with Gasteiger partial charge in [-0.3, -0.25) is 9.59 Å². The second-order valence-corrected chi connectivity index (χ2v) is 9.90. The molecule has 1 saturated carbocycles. The summed E-state index contributed by atoms with van der Waals surface area (Å²) in [7, 11) is 0. The molecule has 1 aliphatic carbocycles. The fourth-order valence-corrected chi connectivity index (χ4v) is 4.12. The van der Waals surface area contributed by atoms with Gasteiger partial charge in [-0.1, -0.05) is 25.0 Å². The molecule has 186 valence electrons. The number of aldehydes is 1. The van der Waals surface area contributed by atoms with E-state index >= 15 is 0 Å². The van der Waals surface area contributed by atoms with Crippen molar-refractivity contribution in [2.45, 2.75) is 96.7 Å². The molecule has 2 rings (SSSR count). The largest absolute Gasteiger partial charge is 0.466 e. The number of esters is 1. The van der Waals surface area contributed by atoms with E-state index in [-0.39, 0.29) is 17.8 Å². The van der Waals surface area contributed by atoms with Crippen LogP contribution in [0, 0.1) is 11.8 Å². The van der Waals surface area contributed by atoms with Gasteiger partial charge in [-0.05, 0) is 72.1 Å². The van der Waals surface area contributed by atoms with Crippen LogP contribution in [0.25, 0.3) is 0 Å². The molecule has 1 saturated heterocycles. The second kappa shape index (κ2) is 12.8. The van der Waals surface area contributed by atoms with Crippen molar-refractivity contribution in [2.75, 3.05) is 13.2 Å². The van der Waals surface area contributed by atoms with Crippen LogP contribution in [0.1, 0.15) is 79.1 Å². The van der Waals surface area contributed by atoms with Crippen molar-refractivity contribution in [3.8, 4) is 0 Å². The zero-order chi connectivity index (χ0) is 24.4. The monoisotopic (exact) mass is 464 g/mol. The highest BCUT2D eigenvalue weighted by atomic mass is 16.6. The highest BCUT2D eigenvalue weighted by Gasteiger charge is 2.42. The van der Waals surface area contributed by atoms with Crippen molar-refractivity contribution < 1.29 is 28.7 Å². The summed E-state index contributed by atoms with van der Waals surface area (Å²) in [6, 6.07) is -1.11. The van der Waals surface area contributed by atoms with E-state index in [4.69, 9.17) is 9.47 Å². The summed E-state index contributed by atoms with van der Waals surface area (Å²) in [5.74, 6) is 0.00671. The topological polar surface area (TPSA) is 102 Å². The third kappa shape index (κ3) is 9.18. The van der Waals surface area contributed by atoms with Gasteiger partial charge < -0.3 is 24.5 Å². The minimum atomic E-state index is -0.701. The first kappa shape index (κ1) is 26.9. The number of nitrogens with zero attached hydrogens (tertiary/aromatic N) is 1. The van der Waals surface area contributed by atoms with E-state index in [2.05, 4.69) is 17.5 Å². The quantitative estimate of drug-likeness (QED) is 0.204. The third-order valence-electron chi connectivity index (χ3n) is 5.90. The average Bonchev–Trinajstić information content (AvgIpc) is 3.35. The normalized spacial score (nSPS) is 23.3. The first-order valence-electron chi connectivity index (χ1n) is 12.2. The number of carbonyl (C=O) groups is 4. The highest BCUT2D eigenvalue weighted by molar-refractivity contribution is 5.88. The molecule has 4 atom stereocenters. The number of rotatable bonds is 12. The number of carbonyl (C=O) groups excluding carboxylic acids is 4. The van der Waals surface area contributed by atoms with Crippen molar-refractivity contribution in [1.82, 2.24) is 10.2 Å². The van der Waals surface area contributed by atoms with E-state index in [1.54, 1.807) is 25.7 Å². The van der Waals surface area contributed by atoms with Gasteiger partial charge in [-0.15, -0.1) is 0 Å². The molecule has 0 unspecified atom stereocenters. The molecule has 33 heavy (non-hydrogen) atoms. The van der Waals surface area contributed by atoms with E-state index in [1.165, 1.54) is 0 Å². The van der Waals surface area contributed by atoms with Crippen LogP contribution < -0.4 is 5.32 Å². The molecule has 1 heterocycles. The summed E-state index contributed by atoms with van der Waals surface area (Å²) in [5, 5.41) is 2.72. The fourth-order valence-electron chi connectivity index (χ4n) is 4.12. The van der Waals surface area contributed by atoms with Crippen LogP contribution in [0.4, 0.5) is 4.79 Å². The van der Waals surface area contributed by atoms with Crippen LogP contribution in [0.15, 0.2) is 12.2 Å². The van der Waals surface area contributed by atoms with Gasteiger partial charge in [0, 0.05) is 6.54 Å². The van der Waals surface area contributed by atoms with E-state index < -0.39 is 23.8 Å². The summed E-state index contributed by atoms with van der Waals surface area (Å²) in [6.45, 7) is 8.10. The van der Waals surface area contributed by atoms with Crippen LogP contribution >= 0.6 is 0 Å². The Labute approximate surface area is 197 Å². The Bertz CT molecular complexity index is 714. The van der Waals surface area contributed by atoms with Gasteiger partial charge in [-0.25, -0.2) is 4.79 Å². The lowest BCUT2D eigenvalue weighted by atomic mass is 10.1. The van der Waals surface area contributed by atoms with Crippen LogP contribution in [0.3, 0.4) is 0 Å². The predicted octanol–water partition coefficient (Wildman–Crippen LogP) is 3.78. The molecule has 1 N–H and O–H groups in total. The third-order valence-corrected chi connectivity index (χ3v) is 5.90. The lowest BCUT2D eigenvalue weighted by Gasteiger charge is -2.28. The molecule has 8 heteroatoms. The van der Waals surface area contributed by atoms with Gasteiger partial charge in [0.15, 0.2) is 0 Å². The molecular formula is C25H40N2O6. The molecule has 0 radical (unpaired) electrons. The lowest BCUT2D eigenvalue weighted by molar-refractivity contribution is -0.144. The zero-order valence-electron chi connectivity index (χ0n) is 20.5. The molecule has 0 aromatic heterocycles. The number of nitrogens with one attached hydrogen (secondary N) is 1. The fraction of sp³-hybridized carbons (Fsp3) is 0.760. The first-order chi connectivity index (χ1) is 15.7. The van der Waals surface area contributed by atoms with Crippen molar-refractivity contribution in [1.29, 1.82) is 0 Å². The molecule has 1 aliphatic heterocycles. The Morgan fingerprint density at radius 3 is 2.61 bits per heavy atom. The Kier molecular flexibility index (Phi) is 10.4. The molecule has 0 aromatic rings. The molecule has 8 nitrogen and oxygen atoms in total. The van der Waals surface area contributed by atoms with E-state index in [9.17, 15) is 19.2 Å². The lowest BCUT2D eigenvalue weighted by Crippen LogP contribution is -2.51. The van der Waals surface area contributed by atoms with Gasteiger partial charge in [0.05, 0.1) is 18.6 Å². The predicted molar refractivity (Wildman–Crippen MR) is 124 cm³/mol. The summed E-state index contributed by atoms with van der Waals surface area (Å²) in [5.41, 5.74) is -0.656. The van der Waals surface area contributed by atoms with E-state index in [0.29, 0.717) is 31.9 Å². The molecule has 0 bridgehead atoms. The van der Waals surface area contributed by atoms with E-state index in [0.717, 1.165) is 44.8 Å². The summed E-state index contributed by atoms with van der Waals surface area (Å²) in [6.07, 6.45) is 10.8. The number of hydrogen-bond acceptors (Lipinski definition) is 6. The molecule has 2 fully saturated rings. The van der Waals surface area contributed by atoms with Crippen molar-refractivity contribution in [3.05, 3.63) is 12.2 Å². The van der Waals surface area contributed by atoms with Gasteiger partial charge in [0.2, 0.25) is 5.91 Å². The maximum absolute atomic E-state index is 13.0. The Hall–Kier alpha value is -2.38. The van der Waals surface area contributed by atoms with Gasteiger partial charge in [0.1, 0.15) is 17.9 Å². The smallest absolute Gasteiger partial charge is 0.408 e. The molecule has 2 amide bonds. The molecule has 0 spiro atoms. The number of amides is 2. The van der Waals surface area contributed by atoms with Crippen molar-refractivity contribution in [3.63, 3.8) is 0 Å². The van der Waals surface area contributed by atoms with Crippen LogP contribution in [-0.2, 0) is 23.9 Å².